The van der Waals surface area contributed by atoms with Crippen molar-refractivity contribution < 1.29 is 14.7 Å². The molecule has 1 saturated heterocycles. The van der Waals surface area contributed by atoms with E-state index in [0.29, 0.717) is 18.8 Å². The fraction of sp³-hybridized carbons (Fsp3) is 0.267. The van der Waals surface area contributed by atoms with Gasteiger partial charge in [-0.15, -0.1) is 0 Å². The predicted octanol–water partition coefficient (Wildman–Crippen LogP) is 1.78. The molecule has 1 fully saturated rings. The molecule has 0 atom stereocenters. The van der Waals surface area contributed by atoms with Crippen LogP contribution in [0.1, 0.15) is 16.9 Å². The van der Waals surface area contributed by atoms with E-state index in [1.54, 1.807) is 11.0 Å². The van der Waals surface area contributed by atoms with E-state index < -0.39 is 5.97 Å². The zero-order valence-corrected chi connectivity index (χ0v) is 10.8. The smallest absolute Gasteiger partial charge is 0.303 e. The van der Waals surface area contributed by atoms with Crippen LogP contribution in [0.4, 0.5) is 0 Å². The van der Waals surface area contributed by atoms with E-state index >= 15 is 0 Å². The van der Waals surface area contributed by atoms with Crippen LogP contribution in [0.3, 0.4) is 0 Å². The van der Waals surface area contributed by atoms with Gasteiger partial charge in [0.2, 0.25) is 0 Å². The summed E-state index contributed by atoms with van der Waals surface area (Å²) in [6.45, 7) is 0.999. The molecule has 0 aliphatic carbocycles. The third kappa shape index (κ3) is 2.34. The summed E-state index contributed by atoms with van der Waals surface area (Å²) in [6.07, 6.45) is 0.120. The Morgan fingerprint density at radius 1 is 1.20 bits per heavy atom. The average molecular weight is 270 g/mol. The highest BCUT2D eigenvalue weighted by molar-refractivity contribution is 5.95. The summed E-state index contributed by atoms with van der Waals surface area (Å²) in [5, 5.41) is 9.69. The first-order valence-electron chi connectivity index (χ1n) is 6.50. The lowest BCUT2D eigenvalue weighted by Gasteiger charge is -2.38. The number of carboxylic acid groups (broad SMARTS) is 1. The van der Waals surface area contributed by atoms with Gasteiger partial charge in [-0.25, -0.2) is 4.98 Å². The molecule has 1 amide bonds. The normalized spacial score (nSPS) is 15.1. The van der Waals surface area contributed by atoms with E-state index in [0.717, 1.165) is 10.9 Å². The molecule has 1 aromatic carbocycles. The Balaban J connectivity index is 1.72. The first kappa shape index (κ1) is 12.6. The summed E-state index contributed by atoms with van der Waals surface area (Å²) < 4.78 is 0. The SMILES string of the molecule is O=C(O)CC1CN(C(=O)c2ccc3ccccc3n2)C1. The van der Waals surface area contributed by atoms with Gasteiger partial charge in [0.15, 0.2) is 0 Å². The first-order valence-corrected chi connectivity index (χ1v) is 6.50. The van der Waals surface area contributed by atoms with Crippen molar-refractivity contribution in [2.75, 3.05) is 13.1 Å². The second-order valence-electron chi connectivity index (χ2n) is 5.06. The van der Waals surface area contributed by atoms with Crippen LogP contribution in [0.25, 0.3) is 10.9 Å². The first-order chi connectivity index (χ1) is 9.63. The molecule has 5 heteroatoms. The highest BCUT2D eigenvalue weighted by Gasteiger charge is 2.33. The molecule has 1 aliphatic rings. The number of hydrogen-bond donors (Lipinski definition) is 1. The molecule has 2 heterocycles. The molecule has 3 rings (SSSR count). The molecule has 1 N–H and O–H groups in total. The number of rotatable bonds is 3. The fourth-order valence-electron chi connectivity index (χ4n) is 2.46. The van der Waals surface area contributed by atoms with Gasteiger partial charge >= 0.3 is 5.97 Å². The van der Waals surface area contributed by atoms with Gasteiger partial charge in [-0.3, -0.25) is 9.59 Å². The third-order valence-corrected chi connectivity index (χ3v) is 3.53. The Morgan fingerprint density at radius 3 is 2.70 bits per heavy atom. The van der Waals surface area contributed by atoms with Crippen molar-refractivity contribution in [3.05, 3.63) is 42.1 Å². The molecule has 0 bridgehead atoms. The quantitative estimate of drug-likeness (QED) is 0.923. The van der Waals surface area contributed by atoms with Crippen LogP contribution < -0.4 is 0 Å². The summed E-state index contributed by atoms with van der Waals surface area (Å²) >= 11 is 0. The lowest BCUT2D eigenvalue weighted by atomic mass is 9.96. The molecular formula is C15H14N2O3. The summed E-state index contributed by atoms with van der Waals surface area (Å²) in [7, 11) is 0. The molecule has 0 unspecified atom stereocenters. The van der Waals surface area contributed by atoms with E-state index in [9.17, 15) is 9.59 Å². The molecule has 1 aromatic heterocycles. The maximum atomic E-state index is 12.2. The number of carboxylic acids is 1. The van der Waals surface area contributed by atoms with Gasteiger partial charge in [0.25, 0.3) is 5.91 Å². The van der Waals surface area contributed by atoms with Gasteiger partial charge in [0.05, 0.1) is 11.9 Å². The van der Waals surface area contributed by atoms with E-state index in [2.05, 4.69) is 4.98 Å². The third-order valence-electron chi connectivity index (χ3n) is 3.53. The Hall–Kier alpha value is -2.43. The van der Waals surface area contributed by atoms with E-state index in [-0.39, 0.29) is 18.2 Å². The van der Waals surface area contributed by atoms with Crippen molar-refractivity contribution >= 4 is 22.8 Å². The molecule has 0 spiro atoms. The molecule has 2 aromatic rings. The number of nitrogens with zero attached hydrogens (tertiary/aromatic N) is 2. The zero-order valence-electron chi connectivity index (χ0n) is 10.8. The zero-order chi connectivity index (χ0) is 14.1. The van der Waals surface area contributed by atoms with Gasteiger partial charge in [-0.2, -0.15) is 0 Å². The number of likely N-dealkylation sites (tertiary alicyclic amines) is 1. The van der Waals surface area contributed by atoms with Crippen LogP contribution in [0.2, 0.25) is 0 Å². The minimum absolute atomic E-state index is 0.0666. The molecule has 102 valence electrons. The lowest BCUT2D eigenvalue weighted by Crippen LogP contribution is -2.50. The number of para-hydroxylation sites is 1. The van der Waals surface area contributed by atoms with Gasteiger partial charge in [0, 0.05) is 24.4 Å². The molecule has 1 aliphatic heterocycles. The minimum Gasteiger partial charge on any atom is -0.481 e. The summed E-state index contributed by atoms with van der Waals surface area (Å²) in [4.78, 5) is 28.8. The Bertz CT molecular complexity index is 678. The Kier molecular flexibility index (Phi) is 3.10. The number of aromatic nitrogens is 1. The fourth-order valence-corrected chi connectivity index (χ4v) is 2.46. The highest BCUT2D eigenvalue weighted by Crippen LogP contribution is 2.21. The second-order valence-corrected chi connectivity index (χ2v) is 5.06. The predicted molar refractivity (Wildman–Crippen MR) is 73.4 cm³/mol. The number of hydrogen-bond acceptors (Lipinski definition) is 3. The summed E-state index contributed by atoms with van der Waals surface area (Å²) in [5.74, 6) is -0.875. The van der Waals surface area contributed by atoms with Crippen molar-refractivity contribution in [3.8, 4) is 0 Å². The van der Waals surface area contributed by atoms with E-state index in [1.165, 1.54) is 0 Å². The van der Waals surface area contributed by atoms with Crippen LogP contribution in [0.5, 0.6) is 0 Å². The number of amides is 1. The largest absolute Gasteiger partial charge is 0.481 e. The van der Waals surface area contributed by atoms with Gasteiger partial charge in [-0.1, -0.05) is 24.3 Å². The van der Waals surface area contributed by atoms with Gasteiger partial charge in [-0.05, 0) is 12.1 Å². The summed E-state index contributed by atoms with van der Waals surface area (Å²) in [5.41, 5.74) is 1.21. The van der Waals surface area contributed by atoms with Crippen molar-refractivity contribution in [2.24, 2.45) is 5.92 Å². The molecular weight excluding hydrogens is 256 g/mol. The molecule has 0 radical (unpaired) electrons. The molecule has 5 nitrogen and oxygen atoms in total. The number of fused-ring (bicyclic) bond motifs is 1. The van der Waals surface area contributed by atoms with Gasteiger partial charge < -0.3 is 10.0 Å². The van der Waals surface area contributed by atoms with Crippen molar-refractivity contribution in [1.29, 1.82) is 0 Å². The summed E-state index contributed by atoms with van der Waals surface area (Å²) in [6, 6.07) is 11.2. The number of pyridine rings is 1. The van der Waals surface area contributed by atoms with Crippen molar-refractivity contribution in [3.63, 3.8) is 0 Å². The monoisotopic (exact) mass is 270 g/mol. The van der Waals surface area contributed by atoms with Crippen LogP contribution >= 0.6 is 0 Å². The maximum Gasteiger partial charge on any atom is 0.303 e. The van der Waals surface area contributed by atoms with Crippen molar-refractivity contribution in [1.82, 2.24) is 9.88 Å². The number of aliphatic carboxylic acids is 1. The topological polar surface area (TPSA) is 70.5 Å². The van der Waals surface area contributed by atoms with Gasteiger partial charge in [0.1, 0.15) is 5.69 Å². The van der Waals surface area contributed by atoms with Crippen molar-refractivity contribution in [2.45, 2.75) is 6.42 Å². The number of carbonyl (C=O) groups excluding carboxylic acids is 1. The maximum absolute atomic E-state index is 12.2. The van der Waals surface area contributed by atoms with E-state index in [1.807, 2.05) is 30.3 Å². The second kappa shape index (κ2) is 4.92. The molecule has 20 heavy (non-hydrogen) atoms. The lowest BCUT2D eigenvalue weighted by molar-refractivity contribution is -0.139. The average Bonchev–Trinajstić information content (AvgIpc) is 2.41. The van der Waals surface area contributed by atoms with Crippen LogP contribution in [-0.2, 0) is 4.79 Å². The van der Waals surface area contributed by atoms with Crippen LogP contribution in [0.15, 0.2) is 36.4 Å². The highest BCUT2D eigenvalue weighted by atomic mass is 16.4. The Morgan fingerprint density at radius 2 is 1.95 bits per heavy atom. The molecule has 0 saturated carbocycles. The van der Waals surface area contributed by atoms with Crippen LogP contribution in [-0.4, -0.2) is 40.0 Å². The van der Waals surface area contributed by atoms with E-state index in [4.69, 9.17) is 5.11 Å². The number of carbonyl (C=O) groups is 2. The van der Waals surface area contributed by atoms with Crippen LogP contribution in [0, 0.1) is 5.92 Å². The Labute approximate surface area is 115 Å². The number of benzene rings is 1. The minimum atomic E-state index is -0.814. The standard InChI is InChI=1S/C15H14N2O3/c18-14(19)7-10-8-17(9-10)15(20)13-6-5-11-3-1-2-4-12(11)16-13/h1-6,10H,7-9H2,(H,18,19).